The second-order valence-electron chi connectivity index (χ2n) is 8.22. The number of benzene rings is 2. The van der Waals surface area contributed by atoms with E-state index >= 15 is 0 Å². The van der Waals surface area contributed by atoms with Crippen LogP contribution < -0.4 is 0 Å². The minimum atomic E-state index is -0.917. The van der Waals surface area contributed by atoms with E-state index in [1.165, 1.54) is 11.1 Å². The summed E-state index contributed by atoms with van der Waals surface area (Å²) in [6.45, 7) is 1.12. The number of rotatable bonds is 3. The van der Waals surface area contributed by atoms with Gasteiger partial charge in [0.25, 0.3) is 0 Å². The van der Waals surface area contributed by atoms with Crippen molar-refractivity contribution in [3.8, 4) is 0 Å². The van der Waals surface area contributed by atoms with Gasteiger partial charge in [-0.05, 0) is 35.1 Å². The zero-order chi connectivity index (χ0) is 19.1. The van der Waals surface area contributed by atoms with Crippen molar-refractivity contribution in [1.29, 1.82) is 0 Å². The van der Waals surface area contributed by atoms with Crippen LogP contribution in [0.2, 0.25) is 0 Å². The van der Waals surface area contributed by atoms with E-state index in [0.717, 1.165) is 24.0 Å². The highest BCUT2D eigenvalue weighted by Crippen LogP contribution is 2.42. The topological polar surface area (TPSA) is 59.0 Å². The highest BCUT2D eigenvalue weighted by Gasteiger charge is 2.49. The second-order valence-corrected chi connectivity index (χ2v) is 8.22. The summed E-state index contributed by atoms with van der Waals surface area (Å²) in [6.07, 6.45) is 2.86. The lowest BCUT2D eigenvalue weighted by Crippen LogP contribution is -2.62. The Bertz CT molecular complexity index is 867. The molecule has 0 aromatic heterocycles. The molecule has 5 heteroatoms. The summed E-state index contributed by atoms with van der Waals surface area (Å²) >= 11 is 0. The van der Waals surface area contributed by atoms with E-state index in [1.807, 2.05) is 30.3 Å². The number of carbonyl (C=O) groups is 1. The minimum absolute atomic E-state index is 0.174. The smallest absolute Gasteiger partial charge is 0.410 e. The third kappa shape index (κ3) is 3.09. The number of aliphatic hydroxyl groups is 1. The van der Waals surface area contributed by atoms with Crippen molar-refractivity contribution in [3.63, 3.8) is 0 Å². The van der Waals surface area contributed by atoms with Crippen LogP contribution in [0.1, 0.15) is 35.1 Å². The van der Waals surface area contributed by atoms with Crippen molar-refractivity contribution in [3.05, 3.63) is 70.8 Å². The van der Waals surface area contributed by atoms with Gasteiger partial charge in [0.05, 0.1) is 30.9 Å². The average Bonchev–Trinajstić information content (AvgIpc) is 2.67. The Morgan fingerprint density at radius 3 is 2.43 bits per heavy atom. The van der Waals surface area contributed by atoms with Crippen LogP contribution in [0, 0.1) is 0 Å². The lowest BCUT2D eigenvalue weighted by atomic mass is 9.75. The summed E-state index contributed by atoms with van der Waals surface area (Å²) < 4.78 is 11.3. The summed E-state index contributed by atoms with van der Waals surface area (Å²) in [5.74, 6) is 0. The van der Waals surface area contributed by atoms with E-state index in [4.69, 9.17) is 9.47 Å². The molecule has 2 fully saturated rings. The van der Waals surface area contributed by atoms with E-state index < -0.39 is 5.60 Å². The molecule has 0 radical (unpaired) electrons. The zero-order valence-corrected chi connectivity index (χ0v) is 15.8. The Kier molecular flexibility index (Phi) is 4.37. The van der Waals surface area contributed by atoms with Gasteiger partial charge in [-0.3, -0.25) is 4.90 Å². The number of hydrogen-bond donors (Lipinski definition) is 1. The van der Waals surface area contributed by atoms with E-state index in [2.05, 4.69) is 18.2 Å². The van der Waals surface area contributed by atoms with E-state index in [0.29, 0.717) is 26.1 Å². The highest BCUT2D eigenvalue weighted by molar-refractivity contribution is 5.69. The molecule has 1 amide bonds. The first-order chi connectivity index (χ1) is 13.6. The molecular weight excluding hydrogens is 354 g/mol. The van der Waals surface area contributed by atoms with Gasteiger partial charge in [-0.2, -0.15) is 0 Å². The van der Waals surface area contributed by atoms with Gasteiger partial charge in [0, 0.05) is 12.8 Å². The Balaban J connectivity index is 1.32. The molecule has 2 unspecified atom stereocenters. The Morgan fingerprint density at radius 1 is 1.07 bits per heavy atom. The average molecular weight is 379 g/mol. The number of ether oxygens (including phenoxy) is 2. The first-order valence-electron chi connectivity index (χ1n) is 10.0. The molecule has 1 aliphatic carbocycles. The molecule has 2 saturated heterocycles. The van der Waals surface area contributed by atoms with E-state index in [-0.39, 0.29) is 24.8 Å². The van der Waals surface area contributed by atoms with E-state index in [1.54, 1.807) is 4.90 Å². The van der Waals surface area contributed by atoms with Crippen LogP contribution in [0.4, 0.5) is 4.79 Å². The molecule has 2 aliphatic heterocycles. The Morgan fingerprint density at radius 2 is 1.79 bits per heavy atom. The monoisotopic (exact) mass is 379 g/mol. The molecule has 0 saturated carbocycles. The number of amides is 1. The van der Waals surface area contributed by atoms with Crippen molar-refractivity contribution in [2.45, 2.75) is 50.0 Å². The highest BCUT2D eigenvalue weighted by atomic mass is 16.6. The number of aryl methyl sites for hydroxylation is 2. The summed E-state index contributed by atoms with van der Waals surface area (Å²) in [7, 11) is 0. The number of piperidine rings is 1. The van der Waals surface area contributed by atoms with Crippen LogP contribution in [0.25, 0.3) is 0 Å². The lowest BCUT2D eigenvalue weighted by molar-refractivity contribution is -0.137. The van der Waals surface area contributed by atoms with Gasteiger partial charge >= 0.3 is 6.09 Å². The molecule has 3 aliphatic rings. The molecule has 28 heavy (non-hydrogen) atoms. The summed E-state index contributed by atoms with van der Waals surface area (Å²) in [5.41, 5.74) is 3.75. The predicted molar refractivity (Wildman–Crippen MR) is 104 cm³/mol. The molecule has 2 bridgehead atoms. The maximum absolute atomic E-state index is 12.8. The van der Waals surface area contributed by atoms with Gasteiger partial charge in [-0.1, -0.05) is 48.5 Å². The number of nitrogens with zero attached hydrogens (tertiary/aromatic N) is 1. The van der Waals surface area contributed by atoms with Crippen molar-refractivity contribution in [1.82, 2.24) is 4.90 Å². The fraction of sp³-hybridized carbons (Fsp3) is 0.435. The van der Waals surface area contributed by atoms with Crippen molar-refractivity contribution >= 4 is 6.09 Å². The fourth-order valence-corrected chi connectivity index (χ4v) is 4.79. The maximum atomic E-state index is 12.8. The standard InChI is InChI=1S/C23H25NO4/c25-22(28-13-16-4-2-1-3-5-16)24-20-11-23(26,12-21(24)15-27-14-20)19-9-8-17-6-7-18(17)10-19/h1-5,8-10,20-21,26H,6-7,11-15H2. The normalized spacial score (nSPS) is 28.2. The zero-order valence-electron chi connectivity index (χ0n) is 15.8. The van der Waals surface area contributed by atoms with Gasteiger partial charge in [0.15, 0.2) is 0 Å². The van der Waals surface area contributed by atoms with Crippen molar-refractivity contribution in [2.75, 3.05) is 13.2 Å². The quantitative estimate of drug-likeness (QED) is 0.890. The molecule has 0 spiro atoms. The van der Waals surface area contributed by atoms with Crippen molar-refractivity contribution < 1.29 is 19.4 Å². The molecule has 5 rings (SSSR count). The number of morpholine rings is 1. The molecule has 5 nitrogen and oxygen atoms in total. The summed E-state index contributed by atoms with van der Waals surface area (Å²) in [5, 5.41) is 11.5. The first-order valence-corrected chi connectivity index (χ1v) is 10.0. The van der Waals surface area contributed by atoms with Crippen LogP contribution in [0.5, 0.6) is 0 Å². The molecule has 146 valence electrons. The van der Waals surface area contributed by atoms with E-state index in [9.17, 15) is 9.90 Å². The Hall–Kier alpha value is -2.37. The Labute approximate surface area is 164 Å². The maximum Gasteiger partial charge on any atom is 0.410 e. The molecule has 2 heterocycles. The second kappa shape index (κ2) is 6.90. The van der Waals surface area contributed by atoms with Crippen LogP contribution in [0.15, 0.2) is 48.5 Å². The third-order valence-corrected chi connectivity index (χ3v) is 6.38. The van der Waals surface area contributed by atoms with Crippen LogP contribution >= 0.6 is 0 Å². The van der Waals surface area contributed by atoms with Gasteiger partial charge in [-0.25, -0.2) is 4.79 Å². The van der Waals surface area contributed by atoms with Gasteiger partial charge in [0.2, 0.25) is 0 Å². The fourth-order valence-electron chi connectivity index (χ4n) is 4.79. The lowest BCUT2D eigenvalue weighted by Gasteiger charge is -2.51. The minimum Gasteiger partial charge on any atom is -0.445 e. The number of fused-ring (bicyclic) bond motifs is 3. The summed E-state index contributed by atoms with van der Waals surface area (Å²) in [4.78, 5) is 14.6. The van der Waals surface area contributed by atoms with Crippen LogP contribution in [0.3, 0.4) is 0 Å². The SMILES string of the molecule is O=C(OCc1ccccc1)N1C2COCC1CC(O)(c1ccc3c(c1)CC3)C2. The summed E-state index contributed by atoms with van der Waals surface area (Å²) in [6, 6.07) is 15.7. The number of hydrogen-bond acceptors (Lipinski definition) is 4. The van der Waals surface area contributed by atoms with Crippen LogP contribution in [-0.4, -0.2) is 41.4 Å². The third-order valence-electron chi connectivity index (χ3n) is 6.38. The van der Waals surface area contributed by atoms with Crippen molar-refractivity contribution in [2.24, 2.45) is 0 Å². The molecule has 2 atom stereocenters. The molecule has 2 aromatic rings. The van der Waals surface area contributed by atoms with Gasteiger partial charge in [-0.15, -0.1) is 0 Å². The largest absolute Gasteiger partial charge is 0.445 e. The number of carbonyl (C=O) groups excluding carboxylic acids is 1. The van der Waals surface area contributed by atoms with Gasteiger partial charge in [0.1, 0.15) is 6.61 Å². The van der Waals surface area contributed by atoms with Crippen LogP contribution in [-0.2, 0) is 34.5 Å². The predicted octanol–water partition coefficient (Wildman–Crippen LogP) is 3.17. The molecule has 1 N–H and O–H groups in total. The van der Waals surface area contributed by atoms with Gasteiger partial charge < -0.3 is 14.6 Å². The molecular formula is C23H25NO4. The first kappa shape index (κ1) is 17.7. The molecule has 2 aromatic carbocycles.